The fraction of sp³-hybridized carbons (Fsp3) is 0.722. The van der Waals surface area contributed by atoms with Crippen molar-refractivity contribution in [3.8, 4) is 0 Å². The van der Waals surface area contributed by atoms with Crippen LogP contribution in [-0.4, -0.2) is 70.3 Å². The fourth-order valence-electron chi connectivity index (χ4n) is 3.55. The average molecular weight is 347 g/mol. The molecular weight excluding hydrogens is 318 g/mol. The number of amides is 2. The molecule has 0 saturated carbocycles. The Balaban J connectivity index is 1.65. The van der Waals surface area contributed by atoms with Gasteiger partial charge >= 0.3 is 0 Å². The standard InChI is InChI=1S/C18H29N5O2/c1-12(2)22-5-7-23(8-6-22)15(24)9-14-20-13-10-18(3,4)11-19-17(25)16(13)21-14/h12H,5-11H2,1-4H3,(H,19,25)(H,20,21). The number of imidazole rings is 1. The SMILES string of the molecule is CC(C)N1CCN(C(=O)Cc2nc3c([nH]2)CC(C)(C)CNC3=O)CC1. The first-order valence-corrected chi connectivity index (χ1v) is 9.13. The van der Waals surface area contributed by atoms with Gasteiger partial charge in [-0.15, -0.1) is 0 Å². The predicted octanol–water partition coefficient (Wildman–Crippen LogP) is 0.817. The Hall–Kier alpha value is -1.89. The van der Waals surface area contributed by atoms with E-state index in [0.29, 0.717) is 24.1 Å². The van der Waals surface area contributed by atoms with Gasteiger partial charge in [-0.05, 0) is 25.7 Å². The molecule has 25 heavy (non-hydrogen) atoms. The molecule has 0 unspecified atom stereocenters. The van der Waals surface area contributed by atoms with E-state index < -0.39 is 0 Å². The van der Waals surface area contributed by atoms with E-state index in [2.05, 4.69) is 47.9 Å². The van der Waals surface area contributed by atoms with Crippen molar-refractivity contribution in [3.05, 3.63) is 17.2 Å². The predicted molar refractivity (Wildman–Crippen MR) is 95.4 cm³/mol. The molecule has 0 spiro atoms. The number of hydrogen-bond acceptors (Lipinski definition) is 4. The van der Waals surface area contributed by atoms with E-state index in [4.69, 9.17) is 0 Å². The monoisotopic (exact) mass is 347 g/mol. The number of fused-ring (bicyclic) bond motifs is 1. The zero-order valence-electron chi connectivity index (χ0n) is 15.7. The minimum Gasteiger partial charge on any atom is -0.350 e. The van der Waals surface area contributed by atoms with Gasteiger partial charge in [0.05, 0.1) is 6.42 Å². The first-order chi connectivity index (χ1) is 11.7. The molecule has 0 atom stereocenters. The van der Waals surface area contributed by atoms with Crippen LogP contribution in [0.4, 0.5) is 0 Å². The summed E-state index contributed by atoms with van der Waals surface area (Å²) in [5, 5.41) is 2.91. The number of carbonyl (C=O) groups is 2. The molecule has 2 aliphatic heterocycles. The summed E-state index contributed by atoms with van der Waals surface area (Å²) >= 11 is 0. The Labute approximate surface area is 149 Å². The molecule has 0 aromatic carbocycles. The third kappa shape index (κ3) is 4.03. The van der Waals surface area contributed by atoms with Crippen LogP contribution < -0.4 is 5.32 Å². The molecule has 0 aliphatic carbocycles. The molecule has 7 nitrogen and oxygen atoms in total. The maximum absolute atomic E-state index is 12.6. The second-order valence-electron chi connectivity index (χ2n) is 8.22. The van der Waals surface area contributed by atoms with Crippen molar-refractivity contribution in [2.75, 3.05) is 32.7 Å². The normalized spacial score (nSPS) is 21.0. The molecule has 3 rings (SSSR count). The second-order valence-corrected chi connectivity index (χ2v) is 8.22. The zero-order valence-corrected chi connectivity index (χ0v) is 15.7. The Morgan fingerprint density at radius 3 is 2.56 bits per heavy atom. The largest absolute Gasteiger partial charge is 0.350 e. The lowest BCUT2D eigenvalue weighted by Gasteiger charge is -2.36. The van der Waals surface area contributed by atoms with Crippen LogP contribution in [0.15, 0.2) is 0 Å². The Morgan fingerprint density at radius 1 is 1.24 bits per heavy atom. The Kier molecular flexibility index (Phi) is 4.86. The van der Waals surface area contributed by atoms with Gasteiger partial charge in [-0.25, -0.2) is 4.98 Å². The van der Waals surface area contributed by atoms with E-state index in [9.17, 15) is 9.59 Å². The molecule has 1 aromatic heterocycles. The number of nitrogens with zero attached hydrogens (tertiary/aromatic N) is 3. The maximum atomic E-state index is 12.6. The van der Waals surface area contributed by atoms with Crippen LogP contribution in [0.25, 0.3) is 0 Å². The van der Waals surface area contributed by atoms with Gasteiger partial charge in [-0.1, -0.05) is 13.8 Å². The number of nitrogens with one attached hydrogen (secondary N) is 2. The number of hydrogen-bond donors (Lipinski definition) is 2. The summed E-state index contributed by atoms with van der Waals surface area (Å²) in [6.45, 7) is 12.5. The van der Waals surface area contributed by atoms with E-state index in [1.807, 2.05) is 4.90 Å². The lowest BCUT2D eigenvalue weighted by Crippen LogP contribution is -2.51. The molecule has 0 bridgehead atoms. The zero-order chi connectivity index (χ0) is 18.2. The Bertz CT molecular complexity index is 656. The van der Waals surface area contributed by atoms with Crippen molar-refractivity contribution in [1.82, 2.24) is 25.1 Å². The summed E-state index contributed by atoms with van der Waals surface area (Å²) in [5.41, 5.74) is 1.26. The van der Waals surface area contributed by atoms with E-state index in [0.717, 1.165) is 38.3 Å². The minimum absolute atomic E-state index is 0.0259. The van der Waals surface area contributed by atoms with Crippen LogP contribution in [0.2, 0.25) is 0 Å². The number of aromatic amines is 1. The lowest BCUT2D eigenvalue weighted by atomic mass is 9.88. The molecule has 1 fully saturated rings. The highest BCUT2D eigenvalue weighted by Crippen LogP contribution is 2.25. The Morgan fingerprint density at radius 2 is 1.92 bits per heavy atom. The quantitative estimate of drug-likeness (QED) is 0.848. The van der Waals surface area contributed by atoms with Crippen molar-refractivity contribution < 1.29 is 9.59 Å². The number of carbonyl (C=O) groups excluding carboxylic acids is 2. The second kappa shape index (κ2) is 6.78. The molecule has 2 aliphatic rings. The van der Waals surface area contributed by atoms with Crippen molar-refractivity contribution >= 4 is 11.8 Å². The highest BCUT2D eigenvalue weighted by atomic mass is 16.2. The summed E-state index contributed by atoms with van der Waals surface area (Å²) in [5.74, 6) is 0.516. The number of H-pyrrole nitrogens is 1. The van der Waals surface area contributed by atoms with Gasteiger partial charge in [0.15, 0.2) is 0 Å². The third-order valence-electron chi connectivity index (χ3n) is 5.14. The third-order valence-corrected chi connectivity index (χ3v) is 5.14. The summed E-state index contributed by atoms with van der Waals surface area (Å²) < 4.78 is 0. The van der Waals surface area contributed by atoms with Gasteiger partial charge in [-0.2, -0.15) is 0 Å². The number of aromatic nitrogens is 2. The van der Waals surface area contributed by atoms with Gasteiger partial charge in [0, 0.05) is 44.5 Å². The van der Waals surface area contributed by atoms with Crippen molar-refractivity contribution in [2.24, 2.45) is 5.41 Å². The molecule has 138 valence electrons. The summed E-state index contributed by atoms with van der Waals surface area (Å²) in [6, 6.07) is 0.514. The van der Waals surface area contributed by atoms with E-state index >= 15 is 0 Å². The van der Waals surface area contributed by atoms with Crippen molar-refractivity contribution in [3.63, 3.8) is 0 Å². The number of rotatable bonds is 3. The van der Waals surface area contributed by atoms with Gasteiger partial charge in [0.25, 0.3) is 5.91 Å². The van der Waals surface area contributed by atoms with Crippen LogP contribution in [0.5, 0.6) is 0 Å². The van der Waals surface area contributed by atoms with Gasteiger partial charge < -0.3 is 15.2 Å². The van der Waals surface area contributed by atoms with Crippen LogP contribution in [0.1, 0.15) is 49.7 Å². The topological polar surface area (TPSA) is 81.3 Å². The minimum atomic E-state index is -0.152. The molecule has 7 heteroatoms. The van der Waals surface area contributed by atoms with Crippen LogP contribution >= 0.6 is 0 Å². The summed E-state index contributed by atoms with van der Waals surface area (Å²) in [7, 11) is 0. The van der Waals surface area contributed by atoms with Crippen LogP contribution in [0, 0.1) is 5.41 Å². The van der Waals surface area contributed by atoms with Gasteiger partial charge in [0.1, 0.15) is 11.5 Å². The summed E-state index contributed by atoms with van der Waals surface area (Å²) in [6.07, 6.45) is 0.970. The highest BCUT2D eigenvalue weighted by Gasteiger charge is 2.30. The molecular formula is C18H29N5O2. The van der Waals surface area contributed by atoms with Crippen LogP contribution in [0.3, 0.4) is 0 Å². The van der Waals surface area contributed by atoms with Gasteiger partial charge in [0.2, 0.25) is 5.91 Å². The average Bonchev–Trinajstić information content (AvgIpc) is 2.89. The molecule has 2 N–H and O–H groups in total. The molecule has 0 radical (unpaired) electrons. The van der Waals surface area contributed by atoms with Crippen molar-refractivity contribution in [1.29, 1.82) is 0 Å². The molecule has 1 saturated heterocycles. The maximum Gasteiger partial charge on any atom is 0.271 e. The number of piperazine rings is 1. The fourth-order valence-corrected chi connectivity index (χ4v) is 3.55. The molecule has 1 aromatic rings. The summed E-state index contributed by atoms with van der Waals surface area (Å²) in [4.78, 5) is 36.7. The van der Waals surface area contributed by atoms with Crippen molar-refractivity contribution in [2.45, 2.75) is 46.6 Å². The first-order valence-electron chi connectivity index (χ1n) is 9.13. The van der Waals surface area contributed by atoms with E-state index in [1.165, 1.54) is 0 Å². The van der Waals surface area contributed by atoms with E-state index in [-0.39, 0.29) is 23.7 Å². The van der Waals surface area contributed by atoms with Gasteiger partial charge in [-0.3, -0.25) is 14.5 Å². The molecule has 2 amide bonds. The first kappa shape index (κ1) is 17.9. The smallest absolute Gasteiger partial charge is 0.271 e. The van der Waals surface area contributed by atoms with Crippen LogP contribution in [-0.2, 0) is 17.6 Å². The lowest BCUT2D eigenvalue weighted by molar-refractivity contribution is -0.132. The molecule has 3 heterocycles. The van der Waals surface area contributed by atoms with E-state index in [1.54, 1.807) is 0 Å². The highest BCUT2D eigenvalue weighted by molar-refractivity contribution is 5.94.